The van der Waals surface area contributed by atoms with Crippen LogP contribution in [0, 0.1) is 0 Å². The minimum Gasteiger partial charge on any atom is -0.372 e. The van der Waals surface area contributed by atoms with E-state index in [-0.39, 0.29) is 0 Å². The van der Waals surface area contributed by atoms with E-state index in [0.717, 1.165) is 18.7 Å². The molecule has 20 heavy (non-hydrogen) atoms. The lowest BCUT2D eigenvalue weighted by molar-refractivity contribution is 0.522. The first-order chi connectivity index (χ1) is 9.90. The second-order valence-electron chi connectivity index (χ2n) is 5.93. The summed E-state index contributed by atoms with van der Waals surface area (Å²) in [6.07, 6.45) is 8.58. The monoisotopic (exact) mass is 267 g/mol. The predicted molar refractivity (Wildman–Crippen MR) is 82.0 cm³/mol. The average Bonchev–Trinajstić information content (AvgIpc) is 3.17. The van der Waals surface area contributed by atoms with Gasteiger partial charge < -0.3 is 9.47 Å². The van der Waals surface area contributed by atoms with Gasteiger partial charge in [-0.15, -0.1) is 0 Å². The number of aryl methyl sites for hydroxylation is 2. The number of anilines is 1. The van der Waals surface area contributed by atoms with Gasteiger partial charge in [0.15, 0.2) is 0 Å². The number of hydrogen-bond donors (Lipinski definition) is 0. The summed E-state index contributed by atoms with van der Waals surface area (Å²) in [5.41, 5.74) is 3.74. The lowest BCUT2D eigenvalue weighted by atomic mass is 10.1. The van der Waals surface area contributed by atoms with Gasteiger partial charge >= 0.3 is 0 Å². The molecule has 2 aliphatic heterocycles. The molecule has 0 amide bonds. The number of rotatable bonds is 2. The summed E-state index contributed by atoms with van der Waals surface area (Å²) in [5, 5.41) is 0. The van der Waals surface area contributed by atoms with E-state index in [1.165, 1.54) is 55.8 Å². The summed E-state index contributed by atoms with van der Waals surface area (Å²) >= 11 is 0. The van der Waals surface area contributed by atoms with Gasteiger partial charge in [-0.3, -0.25) is 0 Å². The molecular weight excluding hydrogens is 246 g/mol. The second kappa shape index (κ2) is 4.97. The first-order valence-electron chi connectivity index (χ1n) is 7.81. The van der Waals surface area contributed by atoms with Crippen molar-refractivity contribution < 1.29 is 0 Å². The van der Waals surface area contributed by atoms with E-state index < -0.39 is 0 Å². The first kappa shape index (κ1) is 12.0. The molecule has 2 aromatic rings. The Morgan fingerprint density at radius 2 is 1.60 bits per heavy atom. The zero-order valence-corrected chi connectivity index (χ0v) is 11.9. The van der Waals surface area contributed by atoms with Gasteiger partial charge in [-0.1, -0.05) is 12.1 Å². The molecule has 0 unspecified atom stereocenters. The van der Waals surface area contributed by atoms with Crippen molar-refractivity contribution in [3.8, 4) is 11.3 Å². The van der Waals surface area contributed by atoms with Crippen LogP contribution in [0.25, 0.3) is 11.3 Å². The normalized spacial score (nSPS) is 18.3. The van der Waals surface area contributed by atoms with Gasteiger partial charge in [0.1, 0.15) is 5.82 Å². The van der Waals surface area contributed by atoms with Crippen LogP contribution in [-0.4, -0.2) is 22.6 Å². The van der Waals surface area contributed by atoms with Crippen molar-refractivity contribution in [3.63, 3.8) is 0 Å². The third-order valence-electron chi connectivity index (χ3n) is 4.54. The topological polar surface area (TPSA) is 21.1 Å². The number of nitrogens with zero attached hydrogens (tertiary/aromatic N) is 3. The fraction of sp³-hybridized carbons (Fsp3) is 0.471. The molecule has 3 heteroatoms. The van der Waals surface area contributed by atoms with Crippen molar-refractivity contribution >= 4 is 5.69 Å². The molecular formula is C17H21N3. The lowest BCUT2D eigenvalue weighted by Gasteiger charge is -2.17. The molecule has 0 aliphatic carbocycles. The highest BCUT2D eigenvalue weighted by Gasteiger charge is 2.15. The molecule has 1 fully saturated rings. The van der Waals surface area contributed by atoms with Gasteiger partial charge in [0, 0.05) is 43.5 Å². The zero-order chi connectivity index (χ0) is 13.4. The van der Waals surface area contributed by atoms with Gasteiger partial charge in [0.2, 0.25) is 0 Å². The molecule has 3 heterocycles. The molecule has 3 nitrogen and oxygen atoms in total. The Bertz CT molecular complexity index is 568. The third kappa shape index (κ3) is 2.11. The Morgan fingerprint density at radius 3 is 2.35 bits per heavy atom. The van der Waals surface area contributed by atoms with Crippen molar-refractivity contribution in [1.29, 1.82) is 0 Å². The third-order valence-corrected chi connectivity index (χ3v) is 4.54. The molecule has 0 spiro atoms. The van der Waals surface area contributed by atoms with Crippen LogP contribution in [0.5, 0.6) is 0 Å². The number of aromatic nitrogens is 2. The Hall–Kier alpha value is -1.77. The maximum Gasteiger partial charge on any atom is 0.109 e. The van der Waals surface area contributed by atoms with Crippen molar-refractivity contribution in [2.45, 2.75) is 38.6 Å². The number of benzene rings is 1. The average molecular weight is 267 g/mol. The van der Waals surface area contributed by atoms with Crippen LogP contribution in [0.3, 0.4) is 0 Å². The summed E-state index contributed by atoms with van der Waals surface area (Å²) in [6.45, 7) is 3.55. The summed E-state index contributed by atoms with van der Waals surface area (Å²) in [5.74, 6) is 1.26. The SMILES string of the molecule is c1cc(N2CCCC2)ccc1-c1cn2c(n1)CCCC2. The largest absolute Gasteiger partial charge is 0.372 e. The van der Waals surface area contributed by atoms with Gasteiger partial charge in [-0.05, 0) is 37.8 Å². The van der Waals surface area contributed by atoms with E-state index in [0.29, 0.717) is 0 Å². The molecule has 0 N–H and O–H groups in total. The Balaban J connectivity index is 1.60. The smallest absolute Gasteiger partial charge is 0.109 e. The molecule has 104 valence electrons. The minimum atomic E-state index is 1.13. The van der Waals surface area contributed by atoms with E-state index >= 15 is 0 Å². The molecule has 0 atom stereocenters. The fourth-order valence-electron chi connectivity index (χ4n) is 3.37. The van der Waals surface area contributed by atoms with E-state index in [9.17, 15) is 0 Å². The van der Waals surface area contributed by atoms with Crippen molar-refractivity contribution in [2.24, 2.45) is 0 Å². The fourth-order valence-corrected chi connectivity index (χ4v) is 3.37. The van der Waals surface area contributed by atoms with Crippen LogP contribution in [0.15, 0.2) is 30.5 Å². The van der Waals surface area contributed by atoms with Crippen LogP contribution in [-0.2, 0) is 13.0 Å². The summed E-state index contributed by atoms with van der Waals surface area (Å²) in [7, 11) is 0. The highest BCUT2D eigenvalue weighted by atomic mass is 15.1. The Labute approximate surface area is 120 Å². The standard InChI is InChI=1S/C17H21N3/c1-2-12-20-13-16(18-17(20)5-1)14-6-8-15(9-7-14)19-10-3-4-11-19/h6-9,13H,1-5,10-12H2. The van der Waals surface area contributed by atoms with Gasteiger partial charge in [-0.25, -0.2) is 4.98 Å². The lowest BCUT2D eigenvalue weighted by Crippen LogP contribution is -2.17. The molecule has 4 rings (SSSR count). The minimum absolute atomic E-state index is 1.13. The van der Waals surface area contributed by atoms with Gasteiger partial charge in [-0.2, -0.15) is 0 Å². The van der Waals surface area contributed by atoms with E-state index in [2.05, 4.69) is 39.9 Å². The number of hydrogen-bond acceptors (Lipinski definition) is 2. The van der Waals surface area contributed by atoms with Gasteiger partial charge in [0.05, 0.1) is 5.69 Å². The molecule has 0 saturated carbocycles. The maximum atomic E-state index is 4.80. The molecule has 1 saturated heterocycles. The molecule has 2 aliphatic rings. The summed E-state index contributed by atoms with van der Waals surface area (Å²) < 4.78 is 2.33. The quantitative estimate of drug-likeness (QED) is 0.830. The van der Waals surface area contributed by atoms with E-state index in [1.807, 2.05) is 0 Å². The molecule has 0 bridgehead atoms. The Kier molecular flexibility index (Phi) is 2.98. The van der Waals surface area contributed by atoms with Crippen LogP contribution in [0.2, 0.25) is 0 Å². The molecule has 0 radical (unpaired) electrons. The number of fused-ring (bicyclic) bond motifs is 1. The van der Waals surface area contributed by atoms with Crippen molar-refractivity contribution in [3.05, 3.63) is 36.3 Å². The van der Waals surface area contributed by atoms with Crippen LogP contribution in [0.4, 0.5) is 5.69 Å². The van der Waals surface area contributed by atoms with Crippen LogP contribution < -0.4 is 4.90 Å². The second-order valence-corrected chi connectivity index (χ2v) is 5.93. The van der Waals surface area contributed by atoms with Gasteiger partial charge in [0.25, 0.3) is 0 Å². The summed E-state index contributed by atoms with van der Waals surface area (Å²) in [4.78, 5) is 7.27. The number of imidazole rings is 1. The Morgan fingerprint density at radius 1 is 0.850 bits per heavy atom. The predicted octanol–water partition coefficient (Wildman–Crippen LogP) is 3.49. The maximum absolute atomic E-state index is 4.80. The van der Waals surface area contributed by atoms with Crippen LogP contribution in [0.1, 0.15) is 31.5 Å². The van der Waals surface area contributed by atoms with Crippen molar-refractivity contribution in [1.82, 2.24) is 9.55 Å². The van der Waals surface area contributed by atoms with E-state index in [4.69, 9.17) is 4.98 Å². The highest BCUT2D eigenvalue weighted by molar-refractivity contribution is 5.63. The van der Waals surface area contributed by atoms with Crippen molar-refractivity contribution in [2.75, 3.05) is 18.0 Å². The molecule has 1 aromatic carbocycles. The molecule has 1 aromatic heterocycles. The first-order valence-corrected chi connectivity index (χ1v) is 7.81. The van der Waals surface area contributed by atoms with Crippen LogP contribution >= 0.6 is 0 Å². The summed E-state index contributed by atoms with van der Waals surface area (Å²) in [6, 6.07) is 8.95. The van der Waals surface area contributed by atoms with E-state index in [1.54, 1.807) is 0 Å². The zero-order valence-electron chi connectivity index (χ0n) is 11.9. The highest BCUT2D eigenvalue weighted by Crippen LogP contribution is 2.26.